The lowest BCUT2D eigenvalue weighted by Gasteiger charge is -2.33. The molecule has 0 saturated heterocycles. The molecule has 1 atom stereocenters. The second-order valence-corrected chi connectivity index (χ2v) is 11.6. The Morgan fingerprint density at radius 3 is 2.09 bits per heavy atom. The van der Waals surface area contributed by atoms with Crippen LogP contribution in [0.5, 0.6) is 0 Å². The van der Waals surface area contributed by atoms with E-state index in [2.05, 4.69) is 5.32 Å². The van der Waals surface area contributed by atoms with Crippen LogP contribution in [0.2, 0.25) is 5.02 Å². The number of rotatable bonds is 11. The Labute approximate surface area is 214 Å². The van der Waals surface area contributed by atoms with Crippen molar-refractivity contribution in [1.82, 2.24) is 10.2 Å². The number of hydrogen-bond donors (Lipinski definition) is 1. The second kappa shape index (κ2) is 12.4. The molecule has 0 spiro atoms. The fraction of sp³-hybridized carbons (Fsp3) is 0.462. The Hall–Kier alpha value is -2.58. The third kappa shape index (κ3) is 7.97. The summed E-state index contributed by atoms with van der Waals surface area (Å²) in [5.41, 5.74) is 2.76. The fourth-order valence-corrected chi connectivity index (χ4v) is 4.99. The molecule has 1 N–H and O–H groups in total. The summed E-state index contributed by atoms with van der Waals surface area (Å²) >= 11 is 6.02. The van der Waals surface area contributed by atoms with E-state index >= 15 is 0 Å². The predicted octanol–water partition coefficient (Wildman–Crippen LogP) is 4.30. The van der Waals surface area contributed by atoms with E-state index in [-0.39, 0.29) is 18.4 Å². The summed E-state index contributed by atoms with van der Waals surface area (Å²) in [4.78, 5) is 28.3. The quantitative estimate of drug-likeness (QED) is 0.477. The van der Waals surface area contributed by atoms with Crippen LogP contribution in [0.4, 0.5) is 5.69 Å². The van der Waals surface area contributed by atoms with Crippen molar-refractivity contribution < 1.29 is 18.0 Å². The number of nitrogens with one attached hydrogen (secondary N) is 1. The first-order valence-electron chi connectivity index (χ1n) is 11.7. The maximum atomic E-state index is 13.7. The number of sulfonamides is 1. The van der Waals surface area contributed by atoms with Crippen molar-refractivity contribution in [3.05, 3.63) is 64.2 Å². The molecule has 0 fully saturated rings. The van der Waals surface area contributed by atoms with Crippen molar-refractivity contribution in [3.8, 4) is 0 Å². The summed E-state index contributed by atoms with van der Waals surface area (Å²) in [6.07, 6.45) is 1.47. The molecule has 0 bridgehead atoms. The van der Waals surface area contributed by atoms with Crippen LogP contribution in [0.1, 0.15) is 43.9 Å². The number of hydrogen-bond acceptors (Lipinski definition) is 4. The Kier molecular flexibility index (Phi) is 10.2. The van der Waals surface area contributed by atoms with Gasteiger partial charge in [-0.3, -0.25) is 13.9 Å². The zero-order valence-electron chi connectivity index (χ0n) is 21.3. The minimum atomic E-state index is -3.78. The zero-order chi connectivity index (χ0) is 26.3. The van der Waals surface area contributed by atoms with Crippen LogP contribution in [-0.4, -0.2) is 50.5 Å². The van der Waals surface area contributed by atoms with E-state index in [1.54, 1.807) is 24.3 Å². The highest BCUT2D eigenvalue weighted by Crippen LogP contribution is 2.27. The largest absolute Gasteiger partial charge is 0.354 e. The molecule has 0 aliphatic rings. The number of aryl methyl sites for hydroxylation is 2. The number of halogens is 1. The normalized spacial score (nSPS) is 12.3. The van der Waals surface area contributed by atoms with E-state index in [4.69, 9.17) is 11.6 Å². The number of benzene rings is 2. The summed E-state index contributed by atoms with van der Waals surface area (Å²) in [5, 5.41) is 3.47. The molecule has 192 valence electrons. The molecule has 9 heteroatoms. The lowest BCUT2D eigenvalue weighted by Crippen LogP contribution is -2.52. The van der Waals surface area contributed by atoms with E-state index in [1.807, 2.05) is 52.8 Å². The molecule has 0 aromatic heterocycles. The van der Waals surface area contributed by atoms with E-state index in [9.17, 15) is 18.0 Å². The van der Waals surface area contributed by atoms with Gasteiger partial charge >= 0.3 is 0 Å². The van der Waals surface area contributed by atoms with E-state index < -0.39 is 28.5 Å². The van der Waals surface area contributed by atoms with Gasteiger partial charge in [-0.1, -0.05) is 62.7 Å². The van der Waals surface area contributed by atoms with E-state index in [0.29, 0.717) is 23.7 Å². The first-order valence-corrected chi connectivity index (χ1v) is 13.9. The Morgan fingerprint density at radius 1 is 1.03 bits per heavy atom. The van der Waals surface area contributed by atoms with Crippen LogP contribution < -0.4 is 9.62 Å². The van der Waals surface area contributed by atoms with Crippen molar-refractivity contribution in [2.24, 2.45) is 5.92 Å². The average Bonchev–Trinajstić information content (AvgIpc) is 2.77. The number of amides is 2. The van der Waals surface area contributed by atoms with Gasteiger partial charge in [0.05, 0.1) is 11.9 Å². The molecule has 0 saturated carbocycles. The number of nitrogens with zero attached hydrogens (tertiary/aromatic N) is 2. The van der Waals surface area contributed by atoms with Crippen molar-refractivity contribution in [2.75, 3.05) is 23.7 Å². The van der Waals surface area contributed by atoms with Gasteiger partial charge < -0.3 is 10.2 Å². The number of carbonyl (C=O) groups is 2. The lowest BCUT2D eigenvalue weighted by molar-refractivity contribution is -0.140. The van der Waals surface area contributed by atoms with E-state index in [0.717, 1.165) is 27.3 Å². The van der Waals surface area contributed by atoms with Crippen LogP contribution in [0.3, 0.4) is 0 Å². The standard InChI is InChI=1S/C26H36ClN3O4S/c1-7-23(26(32)28-15-18(2)3)29(16-21-11-13-22(27)14-12-21)24(31)17-30(35(6,33)34)25-19(4)9-8-10-20(25)5/h8-14,18,23H,7,15-17H2,1-6H3,(H,28,32). The van der Waals surface area contributed by atoms with Gasteiger partial charge in [-0.05, 0) is 55.0 Å². The average molecular weight is 522 g/mol. The highest BCUT2D eigenvalue weighted by atomic mass is 35.5. The van der Waals surface area contributed by atoms with Crippen molar-refractivity contribution >= 4 is 39.1 Å². The first-order chi connectivity index (χ1) is 16.3. The molecule has 2 aromatic carbocycles. The minimum Gasteiger partial charge on any atom is -0.354 e. The second-order valence-electron chi connectivity index (χ2n) is 9.22. The molecule has 0 aliphatic carbocycles. The van der Waals surface area contributed by atoms with E-state index in [1.165, 1.54) is 4.90 Å². The molecular formula is C26H36ClN3O4S. The predicted molar refractivity (Wildman–Crippen MR) is 142 cm³/mol. The molecule has 0 aliphatic heterocycles. The molecule has 1 unspecified atom stereocenters. The Balaban J connectivity index is 2.47. The van der Waals surface area contributed by atoms with Crippen LogP contribution >= 0.6 is 11.6 Å². The third-order valence-corrected chi connectivity index (χ3v) is 7.07. The van der Waals surface area contributed by atoms with Gasteiger partial charge in [0.1, 0.15) is 12.6 Å². The third-order valence-electron chi connectivity index (χ3n) is 5.70. The fourth-order valence-electron chi connectivity index (χ4n) is 3.90. The van der Waals surface area contributed by atoms with Gasteiger partial charge in [-0.15, -0.1) is 0 Å². The summed E-state index contributed by atoms with van der Waals surface area (Å²) in [6, 6.07) is 11.7. The Morgan fingerprint density at radius 2 is 1.60 bits per heavy atom. The zero-order valence-corrected chi connectivity index (χ0v) is 22.9. The molecule has 2 aromatic rings. The summed E-state index contributed by atoms with van der Waals surface area (Å²) in [6.45, 7) is 9.66. The lowest BCUT2D eigenvalue weighted by atomic mass is 10.1. The van der Waals surface area contributed by atoms with Crippen LogP contribution in [0.15, 0.2) is 42.5 Å². The van der Waals surface area contributed by atoms with Crippen LogP contribution in [0, 0.1) is 19.8 Å². The molecule has 2 amide bonds. The molecule has 0 heterocycles. The number of carbonyl (C=O) groups excluding carboxylic acids is 2. The Bertz CT molecular complexity index is 1110. The van der Waals surface area contributed by atoms with Gasteiger partial charge in [-0.25, -0.2) is 8.42 Å². The SMILES string of the molecule is CCC(C(=O)NCC(C)C)N(Cc1ccc(Cl)cc1)C(=O)CN(c1c(C)cccc1C)S(C)(=O)=O. The topological polar surface area (TPSA) is 86.8 Å². The molecule has 35 heavy (non-hydrogen) atoms. The maximum absolute atomic E-state index is 13.7. The maximum Gasteiger partial charge on any atom is 0.244 e. The van der Waals surface area contributed by atoms with Gasteiger partial charge in [0, 0.05) is 18.1 Å². The van der Waals surface area contributed by atoms with Crippen molar-refractivity contribution in [1.29, 1.82) is 0 Å². The molecule has 2 rings (SSSR count). The molecule has 7 nitrogen and oxygen atoms in total. The van der Waals surface area contributed by atoms with Gasteiger partial charge in [0.25, 0.3) is 0 Å². The van der Waals surface area contributed by atoms with Crippen LogP contribution in [0.25, 0.3) is 0 Å². The molecule has 0 radical (unpaired) electrons. The van der Waals surface area contributed by atoms with Crippen LogP contribution in [-0.2, 0) is 26.2 Å². The first kappa shape index (κ1) is 28.7. The summed E-state index contributed by atoms with van der Waals surface area (Å²) < 4.78 is 26.7. The smallest absolute Gasteiger partial charge is 0.244 e. The highest BCUT2D eigenvalue weighted by Gasteiger charge is 2.32. The molecular weight excluding hydrogens is 486 g/mol. The highest BCUT2D eigenvalue weighted by molar-refractivity contribution is 7.92. The van der Waals surface area contributed by atoms with Gasteiger partial charge in [0.15, 0.2) is 0 Å². The van der Waals surface area contributed by atoms with Gasteiger partial charge in [-0.2, -0.15) is 0 Å². The monoisotopic (exact) mass is 521 g/mol. The summed E-state index contributed by atoms with van der Waals surface area (Å²) in [7, 11) is -3.78. The summed E-state index contributed by atoms with van der Waals surface area (Å²) in [5.74, 6) is -0.470. The number of para-hydroxylation sites is 1. The minimum absolute atomic E-state index is 0.147. The number of anilines is 1. The van der Waals surface area contributed by atoms with Gasteiger partial charge in [0.2, 0.25) is 21.8 Å². The van der Waals surface area contributed by atoms with Crippen molar-refractivity contribution in [3.63, 3.8) is 0 Å². The van der Waals surface area contributed by atoms with Crippen molar-refractivity contribution in [2.45, 2.75) is 53.6 Å².